The standard InChI is InChI=1S/C23H31O4P.C23H31O3P.C22H29O4P.C19H23O3P/c1-15-11-9-13-17(25-7)19(15)16-12-10-14-18-20(16)28(24,22(2,3)4)21(27-18)23(5,6)26-8;1-15-11-9-13-17(24-7)19(15)16-12-10-14-18-20(16)27(22(2,3)4)21(26-18)23(5,6)25-8;1-14-10-8-12-16(25-7)18(14)15-11-9-13-17-19(15)27(24,21(2,3)4)20(26-17)22(5,6)23;1-13-8-6-10-15(21-5)17(13)14-9-7-11-16-18(14)23(20,12-22-16)19(2,3)4/h9-14,21H,1-8H3;9-14,21H,1-8H3;8-13,20,23H,1-7H3;6-11H,12H2,1-5H3/t21-,28+;21-,27-;20-,27+;23-/m0000/s1. The molecule has 12 rings (SSSR count). The predicted molar refractivity (Wildman–Crippen MR) is 437 cm³/mol. The Morgan fingerprint density at radius 2 is 0.705 bits per heavy atom. The molecule has 4 aliphatic heterocycles. The second kappa shape index (κ2) is 30.3. The maximum absolute atomic E-state index is 14.9. The molecule has 0 amide bonds. The molecule has 0 aliphatic carbocycles. The average molecular weight is 1510 g/mol. The third-order valence-corrected chi connectivity index (χ3v) is 37.3. The Bertz CT molecular complexity index is 4670. The smallest absolute Gasteiger partial charge is 0.184 e. The lowest BCUT2D eigenvalue weighted by Crippen LogP contribution is -2.44. The Hall–Kier alpha value is -6.84. The summed E-state index contributed by atoms with van der Waals surface area (Å²) in [6, 6.07) is 47.9. The van der Waals surface area contributed by atoms with E-state index >= 15 is 0 Å². The van der Waals surface area contributed by atoms with E-state index in [-0.39, 0.29) is 28.1 Å². The Morgan fingerprint density at radius 1 is 0.381 bits per heavy atom. The summed E-state index contributed by atoms with van der Waals surface area (Å²) >= 11 is 0. The molecule has 0 saturated carbocycles. The van der Waals surface area contributed by atoms with Crippen molar-refractivity contribution in [3.8, 4) is 90.5 Å². The van der Waals surface area contributed by atoms with Gasteiger partial charge in [-0.1, -0.05) is 180 Å². The molecule has 0 bridgehead atoms. The van der Waals surface area contributed by atoms with Crippen LogP contribution >= 0.6 is 29.3 Å². The lowest BCUT2D eigenvalue weighted by atomic mass is 9.99. The first kappa shape index (κ1) is 82.2. The summed E-state index contributed by atoms with van der Waals surface area (Å²) in [6.45, 7) is 44.6. The molecular weight excluding hydrogens is 1390 g/mol. The first-order valence-corrected chi connectivity index (χ1v) is 42.8. The van der Waals surface area contributed by atoms with Gasteiger partial charge in [-0.3, -0.25) is 0 Å². The van der Waals surface area contributed by atoms with Crippen molar-refractivity contribution in [3.05, 3.63) is 168 Å². The molecule has 8 aromatic rings. The van der Waals surface area contributed by atoms with Crippen molar-refractivity contribution < 1.29 is 66.2 Å². The first-order valence-electron chi connectivity index (χ1n) is 36.0. The van der Waals surface area contributed by atoms with Crippen LogP contribution in [0.5, 0.6) is 46.0 Å². The van der Waals surface area contributed by atoms with Crippen LogP contribution in [0.4, 0.5) is 0 Å². The summed E-state index contributed by atoms with van der Waals surface area (Å²) < 4.78 is 102. The molecule has 7 atom stereocenters. The van der Waals surface area contributed by atoms with Crippen molar-refractivity contribution in [1.29, 1.82) is 0 Å². The van der Waals surface area contributed by atoms with Crippen molar-refractivity contribution in [1.82, 2.24) is 0 Å². The summed E-state index contributed by atoms with van der Waals surface area (Å²) in [7, 11) is 0.609. The molecular formula is C87H114O14P4. The minimum Gasteiger partial charge on any atom is -0.496 e. The highest BCUT2D eigenvalue weighted by Crippen LogP contribution is 2.72. The first-order chi connectivity index (χ1) is 48.8. The van der Waals surface area contributed by atoms with Crippen LogP contribution in [0.25, 0.3) is 44.5 Å². The summed E-state index contributed by atoms with van der Waals surface area (Å²) in [5.41, 5.74) is 10.1. The monoisotopic (exact) mass is 1510 g/mol. The van der Waals surface area contributed by atoms with Crippen molar-refractivity contribution in [2.45, 2.75) is 207 Å². The Balaban J connectivity index is 0.000000163. The largest absolute Gasteiger partial charge is 0.496 e. The number of benzene rings is 8. The van der Waals surface area contributed by atoms with Crippen LogP contribution in [0.2, 0.25) is 0 Å². The number of ether oxygens (including phenoxy) is 10. The number of aryl methyl sites for hydroxylation is 4. The molecule has 0 saturated heterocycles. The molecule has 14 nitrogen and oxygen atoms in total. The summed E-state index contributed by atoms with van der Waals surface area (Å²) in [6.07, 6.45) is 0.275. The third-order valence-electron chi connectivity index (χ3n) is 20.8. The van der Waals surface area contributed by atoms with Crippen LogP contribution in [-0.2, 0) is 23.2 Å². The SMILES string of the molecule is COc1cccc(C)c1-c1cccc2c1[P@](=O)(C(C)(C)C)CO2.COc1cccc(C)c1-c1cccc2c1[P@](=O)(C(C)(C)C)[C@@H](C(C)(C)O)O2.COc1cccc(C)c1-c1cccc2c1[P@](=O)(C(C)(C)C)[C@@H](C(C)(C)OC)O2.COc1cccc(C)c1-c1cccc2c1[P@](C(C)(C)C)[C@@H](C(C)(C)OC)O2. The van der Waals surface area contributed by atoms with Crippen molar-refractivity contribution >= 4 is 50.6 Å². The van der Waals surface area contributed by atoms with Crippen LogP contribution in [0.15, 0.2) is 146 Å². The number of methoxy groups -OCH3 is 6. The molecule has 4 heterocycles. The highest BCUT2D eigenvalue weighted by molar-refractivity contribution is 7.75. The normalized spacial score (nSPS) is 21.0. The van der Waals surface area contributed by atoms with Gasteiger partial charge in [0.25, 0.3) is 0 Å². The van der Waals surface area contributed by atoms with Gasteiger partial charge in [0, 0.05) is 73.9 Å². The maximum atomic E-state index is 14.9. The molecule has 0 fully saturated rings. The Labute approximate surface area is 627 Å². The number of rotatable bonds is 13. The lowest BCUT2D eigenvalue weighted by Gasteiger charge is -2.39. The minimum atomic E-state index is -3.16. The summed E-state index contributed by atoms with van der Waals surface area (Å²) in [5.74, 6) is 4.83. The van der Waals surface area contributed by atoms with Gasteiger partial charge < -0.3 is 66.2 Å². The zero-order valence-corrected chi connectivity index (χ0v) is 70.9. The van der Waals surface area contributed by atoms with E-state index in [0.29, 0.717) is 16.8 Å². The molecule has 566 valence electrons. The molecule has 8 aromatic carbocycles. The van der Waals surface area contributed by atoms with Gasteiger partial charge in [-0.2, -0.15) is 0 Å². The van der Waals surface area contributed by atoms with Crippen LogP contribution in [0.3, 0.4) is 0 Å². The zero-order chi connectivity index (χ0) is 77.9. The molecule has 0 unspecified atom stereocenters. The van der Waals surface area contributed by atoms with Gasteiger partial charge in [0.05, 0.1) is 44.4 Å². The van der Waals surface area contributed by atoms with Gasteiger partial charge in [0.2, 0.25) is 0 Å². The van der Waals surface area contributed by atoms with Crippen molar-refractivity contribution in [3.63, 3.8) is 0 Å². The lowest BCUT2D eigenvalue weighted by molar-refractivity contribution is -0.0315. The highest BCUT2D eigenvalue weighted by Gasteiger charge is 2.61. The maximum Gasteiger partial charge on any atom is 0.184 e. The summed E-state index contributed by atoms with van der Waals surface area (Å²) in [4.78, 5) is 0. The zero-order valence-electron chi connectivity index (χ0n) is 67.3. The third kappa shape index (κ3) is 15.0. The quantitative estimate of drug-likeness (QED) is 0.108. The number of aliphatic hydroxyl groups is 1. The topological polar surface area (TPSA) is 164 Å². The molecule has 0 radical (unpaired) electrons. The van der Waals surface area contributed by atoms with E-state index in [9.17, 15) is 18.8 Å². The molecule has 105 heavy (non-hydrogen) atoms. The number of hydrogen-bond acceptors (Lipinski definition) is 14. The Kier molecular flexibility index (Phi) is 23.7. The van der Waals surface area contributed by atoms with Crippen LogP contribution < -0.4 is 59.1 Å². The second-order valence-electron chi connectivity index (χ2n) is 33.3. The van der Waals surface area contributed by atoms with Gasteiger partial charge in [-0.05, 0) is 159 Å². The molecule has 18 heteroatoms. The minimum absolute atomic E-state index is 0.00339. The van der Waals surface area contributed by atoms with E-state index in [1.807, 2.05) is 205 Å². The van der Waals surface area contributed by atoms with Crippen LogP contribution in [-0.4, -0.2) is 109 Å². The molecule has 0 spiro atoms. The molecule has 0 aromatic heterocycles. The van der Waals surface area contributed by atoms with E-state index in [2.05, 4.69) is 78.8 Å². The van der Waals surface area contributed by atoms with Gasteiger partial charge in [-0.15, -0.1) is 0 Å². The van der Waals surface area contributed by atoms with Crippen molar-refractivity contribution in [2.24, 2.45) is 0 Å². The fourth-order valence-corrected chi connectivity index (χ4v) is 28.3. The van der Waals surface area contributed by atoms with Crippen LogP contribution in [0, 0.1) is 27.7 Å². The Morgan fingerprint density at radius 3 is 1.05 bits per heavy atom. The van der Waals surface area contributed by atoms with Crippen molar-refractivity contribution in [2.75, 3.05) is 49.0 Å². The number of fused-ring (bicyclic) bond motifs is 4. The fourth-order valence-electron chi connectivity index (χ4n) is 14.8. The van der Waals surface area contributed by atoms with E-state index in [1.165, 1.54) is 16.4 Å². The van der Waals surface area contributed by atoms with Crippen LogP contribution in [0.1, 0.15) is 147 Å². The fraction of sp³-hybridized carbons (Fsp3) is 0.448. The van der Waals surface area contributed by atoms with E-state index in [0.717, 1.165) is 101 Å². The number of hydrogen-bond donors (Lipinski definition) is 1. The van der Waals surface area contributed by atoms with Gasteiger partial charge in [-0.25, -0.2) is 0 Å². The highest BCUT2D eigenvalue weighted by atomic mass is 31.2. The molecule has 1 N–H and O–H groups in total. The molecule has 4 aliphatic rings. The predicted octanol–water partition coefficient (Wildman–Crippen LogP) is 21.1. The van der Waals surface area contributed by atoms with E-state index < -0.39 is 62.6 Å². The van der Waals surface area contributed by atoms with Gasteiger partial charge in [0.1, 0.15) is 75.0 Å². The second-order valence-corrected chi connectivity index (χ2v) is 47.0. The summed E-state index contributed by atoms with van der Waals surface area (Å²) in [5, 5.41) is 13.1. The van der Waals surface area contributed by atoms with Gasteiger partial charge in [0.15, 0.2) is 33.1 Å². The van der Waals surface area contributed by atoms with E-state index in [1.54, 1.807) is 56.5 Å². The average Bonchev–Trinajstić information content (AvgIpc) is 1.56. The van der Waals surface area contributed by atoms with Gasteiger partial charge >= 0.3 is 0 Å². The van der Waals surface area contributed by atoms with E-state index in [4.69, 9.17) is 47.4 Å².